The van der Waals surface area contributed by atoms with Gasteiger partial charge in [0.2, 0.25) is 0 Å². The Morgan fingerprint density at radius 2 is 0.651 bits per heavy atom. The minimum absolute atomic E-state index is 0.00835. The molecule has 16 aliphatic rings. The summed E-state index contributed by atoms with van der Waals surface area (Å²) in [4.78, 5) is 43.7. The fraction of sp³-hybridized carbons (Fsp3) is 0.875. The Hall–Kier alpha value is -1.93. The van der Waals surface area contributed by atoms with Gasteiger partial charge in [-0.25, -0.2) is 0 Å². The zero-order chi connectivity index (χ0) is 109. The van der Waals surface area contributed by atoms with Crippen LogP contribution in [0.1, 0.15) is 347 Å². The van der Waals surface area contributed by atoms with E-state index in [0.717, 1.165) is 112 Å². The van der Waals surface area contributed by atoms with Crippen LogP contribution in [0.25, 0.3) is 0 Å². The van der Waals surface area contributed by atoms with Gasteiger partial charge in [0.05, 0.1) is 116 Å². The number of ketones is 3. The van der Waals surface area contributed by atoms with Crippen molar-refractivity contribution in [2.45, 2.75) is 621 Å². The molecule has 10 fully saturated rings. The van der Waals surface area contributed by atoms with Crippen molar-refractivity contribution in [1.29, 1.82) is 0 Å². The van der Waals surface area contributed by atoms with Crippen molar-refractivity contribution < 1.29 is 93.4 Å². The monoisotopic (exact) mass is 2140 g/mol. The molecule has 0 aromatic carbocycles. The summed E-state index contributed by atoms with van der Waals surface area (Å²) in [6, 6.07) is 0. The van der Waals surface area contributed by atoms with Gasteiger partial charge in [-0.3, -0.25) is 14.4 Å². The lowest BCUT2D eigenvalue weighted by molar-refractivity contribution is -0.266. The Bertz CT molecular complexity index is 4380. The number of fused-ring (bicyclic) bond motifs is 4. The summed E-state index contributed by atoms with van der Waals surface area (Å²) in [5, 5.41) is 11.2. The lowest BCUT2D eigenvalue weighted by atomic mass is 9.78. The minimum atomic E-state index is -2.54. The van der Waals surface area contributed by atoms with Crippen LogP contribution in [0.2, 0.25) is 109 Å². The van der Waals surface area contributed by atoms with Gasteiger partial charge in [-0.1, -0.05) is 237 Å². The Labute approximate surface area is 895 Å². The molecule has 5 unspecified atom stereocenters. The normalized spacial score (nSPS) is 38.7. The number of aliphatic hydroxyl groups excluding tert-OH is 1. The van der Waals surface area contributed by atoms with Gasteiger partial charge in [0.1, 0.15) is 60.4 Å². The molecule has 1 N–H and O–H groups in total. The van der Waals surface area contributed by atoms with E-state index in [9.17, 15) is 19.5 Å². The van der Waals surface area contributed by atoms with E-state index in [4.69, 9.17) is 73.9 Å². The van der Waals surface area contributed by atoms with Crippen molar-refractivity contribution in [3.63, 3.8) is 0 Å². The maximum atomic E-state index is 14.8. The van der Waals surface area contributed by atoms with Crippen LogP contribution in [0.5, 0.6) is 0 Å². The molecule has 0 aromatic heterocycles. The van der Waals surface area contributed by atoms with Gasteiger partial charge in [0, 0.05) is 44.9 Å². The van der Waals surface area contributed by atoms with E-state index >= 15 is 0 Å². The van der Waals surface area contributed by atoms with Gasteiger partial charge in [0.25, 0.3) is 0 Å². The highest BCUT2D eigenvalue weighted by atomic mass is 28.4. The van der Waals surface area contributed by atoms with Crippen molar-refractivity contribution in [2.24, 2.45) is 47.3 Å². The van der Waals surface area contributed by atoms with E-state index in [2.05, 4.69) is 291 Å². The van der Waals surface area contributed by atoms with Crippen LogP contribution in [-0.2, 0) is 88.3 Å². The van der Waals surface area contributed by atoms with Gasteiger partial charge in [0.15, 0.2) is 55.7 Å². The predicted molar refractivity (Wildman–Crippen MR) is 608 cm³/mol. The Balaban J connectivity index is 0.000000278. The third-order valence-corrected chi connectivity index (χ3v) is 66.7. The highest BCUT2D eigenvalue weighted by Gasteiger charge is 2.62. The zero-order valence-corrected chi connectivity index (χ0v) is 105. The van der Waals surface area contributed by atoms with Gasteiger partial charge < -0.3 is 79.0 Å². The van der Waals surface area contributed by atoms with Crippen LogP contribution < -0.4 is 0 Å². The molecular formula is C120H214O20Si6. The van der Waals surface area contributed by atoms with Crippen LogP contribution in [0.15, 0.2) is 72.9 Å². The van der Waals surface area contributed by atoms with Gasteiger partial charge in [-0.05, 0) is 294 Å². The van der Waals surface area contributed by atoms with Crippen LogP contribution in [0.3, 0.4) is 0 Å². The number of Topliss-reactive ketones (excluding diaryl/α,β-unsaturated/α-hetero) is 2. The van der Waals surface area contributed by atoms with Crippen LogP contribution in [0.4, 0.5) is 0 Å². The number of allylic oxidation sites excluding steroid dienone is 1. The zero-order valence-electron chi connectivity index (χ0n) is 99.4. The first-order valence-corrected chi connectivity index (χ1v) is 75.6. The maximum absolute atomic E-state index is 14.8. The highest BCUT2D eigenvalue weighted by Crippen LogP contribution is 2.55. The smallest absolute Gasteiger partial charge is 0.193 e. The van der Waals surface area contributed by atoms with E-state index in [1.54, 1.807) is 6.08 Å². The molecular weight excluding hydrogens is 1930 g/mol. The molecule has 16 heterocycles. The molecule has 838 valence electrons. The van der Waals surface area contributed by atoms with Crippen molar-refractivity contribution in [1.82, 2.24) is 0 Å². The van der Waals surface area contributed by atoms with Crippen molar-refractivity contribution in [2.75, 3.05) is 0 Å². The second-order valence-electron chi connectivity index (χ2n) is 57.5. The lowest BCUT2D eigenvalue weighted by Crippen LogP contribution is -2.69. The molecule has 35 atom stereocenters. The summed E-state index contributed by atoms with van der Waals surface area (Å²) in [6.45, 7) is 105. The van der Waals surface area contributed by atoms with E-state index < -0.39 is 117 Å². The summed E-state index contributed by atoms with van der Waals surface area (Å²) < 4.78 is 117. The molecule has 0 saturated carbocycles. The molecule has 0 radical (unpaired) electrons. The summed E-state index contributed by atoms with van der Waals surface area (Å²) in [5.74, 6) is 2.72. The van der Waals surface area contributed by atoms with Crippen molar-refractivity contribution in [3.8, 4) is 0 Å². The minimum Gasteiger partial charge on any atom is -0.408 e. The first-order valence-electron chi connectivity index (χ1n) is 58.2. The standard InChI is InChI=1S/C60H108O10Si3.C60H106O10Si3/c2*1-22-37(2)31-51-41(6)47-35-43(62)34-46-27-30-49-54(65-46)56(69-72(18,19)59(10,11)12)57(70-73(20,21)60(13,14)15)55(67-49)50(68-71(16,17)58(7,8)9)28-24-42(61)23-25-44-33-39(4)48(63-44)29-26-45-32-38(3)40(5)52(64-45)36-53(47)66-51/h24,28,37-38,41-42,44-57,61H,4-5,22-23,25-27,29-36H2,1-3,6-21H3;24,28,37-38,41,44-57H,4-5,22-23,25-27,29-36H2,1-3,6-21H3/b2*28-24+/t37-,38-,41-,42?,44+,45+,46-,47?,48?,49+,50+,51-,52-,53+,54+,55+,56+,57-;37-,38-,41-,44+,45+,46-,47?,48?,49+,50+,51-,52-,53+,54+,55+,56+,57-/m11/s1. The predicted octanol–water partition coefficient (Wildman–Crippen LogP) is 28.7. The number of hydrogen-bond acceptors (Lipinski definition) is 20. The molecule has 10 saturated heterocycles. The highest BCUT2D eigenvalue weighted by molar-refractivity contribution is 6.76. The van der Waals surface area contributed by atoms with Crippen molar-refractivity contribution >= 4 is 67.3 Å². The molecule has 20 nitrogen and oxygen atoms in total. The summed E-state index contributed by atoms with van der Waals surface area (Å²) in [6.07, 6.45) is 19.0. The lowest BCUT2D eigenvalue weighted by Gasteiger charge is -2.56. The number of ether oxygens (including phenoxy) is 10. The molecule has 16 aliphatic heterocycles. The Kier molecular flexibility index (Phi) is 41.9. The van der Waals surface area contributed by atoms with Crippen LogP contribution in [-0.4, -0.2) is 237 Å². The quantitative estimate of drug-likeness (QED) is 0.0996. The van der Waals surface area contributed by atoms with E-state index in [0.29, 0.717) is 101 Å². The van der Waals surface area contributed by atoms with Crippen LogP contribution in [0, 0.1) is 47.3 Å². The molecule has 0 amide bonds. The number of aliphatic hydroxyl groups is 1. The molecule has 0 aliphatic carbocycles. The molecule has 16 rings (SSSR count). The SMILES string of the molecule is C=C1C[C@@H]2CCC(=O)/C=C/[C@H](O[Si](C)(C)C(C)(C)C)[C@@H]3O[C@H]4CC[C@H](CC(=O)CC5[C@H](C[C@H]6O[C@@H](CCC1O2)C[C@@H](C)C6=C)O[C@H](C[C@H](C)CC)[C@@H]5C)O[C@@H]4[C@H](O[Si](C)(C)C(C)(C)C)[C@@H]3O[Si](C)(C)C(C)(C)C.C=C1C[C@@H]2CCC(O)/C=C/[C@H](O[Si](C)(C)C(C)(C)C)[C@@H]3O[C@H]4CC[C@H](CC(=O)CC5[C@H](C[C@H]6O[C@@H](CCC1O2)C[C@@H](C)C6=C)O[C@H](C[C@H](C)CC)[C@@H]5C)O[C@@H]4[C@H](O[Si](C)(C)C(C)(C)C)[C@@H]3O[Si](C)(C)C(C)(C)C. The third kappa shape index (κ3) is 31.0. The maximum Gasteiger partial charge on any atom is 0.193 e. The van der Waals surface area contributed by atoms with E-state index in [1.807, 2.05) is 12.2 Å². The summed E-state index contributed by atoms with van der Waals surface area (Å²) in [7, 11) is -15.0. The number of carbonyl (C=O) groups excluding carboxylic acids is 3. The molecule has 16 bridgehead atoms. The van der Waals surface area contributed by atoms with E-state index in [1.165, 1.54) is 0 Å². The fourth-order valence-electron chi connectivity index (χ4n) is 23.1. The molecule has 0 spiro atoms. The fourth-order valence-corrected chi connectivity index (χ4v) is 30.8. The first-order chi connectivity index (χ1) is 67.2. The number of carbonyl (C=O) groups is 3. The third-order valence-electron chi connectivity index (χ3n) is 39.9. The van der Waals surface area contributed by atoms with Crippen LogP contribution >= 0.6 is 0 Å². The first kappa shape index (κ1) is 124. The van der Waals surface area contributed by atoms with E-state index in [-0.39, 0.29) is 169 Å². The number of hydrogen-bond donors (Lipinski definition) is 1. The second-order valence-corrected chi connectivity index (χ2v) is 86.0. The average molecular weight is 2150 g/mol. The van der Waals surface area contributed by atoms with Gasteiger partial charge >= 0.3 is 0 Å². The van der Waals surface area contributed by atoms with Gasteiger partial charge in [-0.2, -0.15) is 0 Å². The Morgan fingerprint density at radius 1 is 0.342 bits per heavy atom. The largest absolute Gasteiger partial charge is 0.408 e. The summed E-state index contributed by atoms with van der Waals surface area (Å²) >= 11 is 0. The Morgan fingerprint density at radius 3 is 1.00 bits per heavy atom. The number of rotatable bonds is 18. The van der Waals surface area contributed by atoms with Crippen molar-refractivity contribution in [3.05, 3.63) is 72.9 Å². The molecule has 26 heteroatoms. The molecule has 0 aromatic rings. The average Bonchev–Trinajstić information content (AvgIpc) is 1.08. The molecule has 146 heavy (non-hydrogen) atoms. The topological polar surface area (TPSA) is 219 Å². The second kappa shape index (κ2) is 49.3. The summed E-state index contributed by atoms with van der Waals surface area (Å²) in [5.41, 5.74) is 4.48. The van der Waals surface area contributed by atoms with Gasteiger partial charge in [-0.15, -0.1) is 0 Å².